The van der Waals surface area contributed by atoms with Crippen molar-refractivity contribution < 1.29 is 13.9 Å². The van der Waals surface area contributed by atoms with Crippen molar-refractivity contribution in [2.45, 2.75) is 13.3 Å². The van der Waals surface area contributed by atoms with Crippen molar-refractivity contribution in [1.82, 2.24) is 4.98 Å². The minimum atomic E-state index is -0.873. The highest BCUT2D eigenvalue weighted by molar-refractivity contribution is 5.47. The summed E-state index contributed by atoms with van der Waals surface area (Å²) in [5, 5.41) is 8.84. The molecule has 0 amide bonds. The van der Waals surface area contributed by atoms with Gasteiger partial charge < -0.3 is 15.7 Å². The number of nitrogens with two attached hydrogens (primary N) is 1. The summed E-state index contributed by atoms with van der Waals surface area (Å²) in [6, 6.07) is 0.706. The van der Waals surface area contributed by atoms with Gasteiger partial charge in [0, 0.05) is 19.2 Å². The quantitative estimate of drug-likeness (QED) is 0.798. The summed E-state index contributed by atoms with van der Waals surface area (Å²) in [4.78, 5) is 5.19. The van der Waals surface area contributed by atoms with Gasteiger partial charge in [0.1, 0.15) is 0 Å². The highest BCUT2D eigenvalue weighted by atomic mass is 19.1. The monoisotopic (exact) mass is 231 g/mol. The SMILES string of the molecule is CCCN(CCO)c1nc(N)c(F)cc1F. The van der Waals surface area contributed by atoms with E-state index in [2.05, 4.69) is 4.98 Å². The van der Waals surface area contributed by atoms with Crippen molar-refractivity contribution in [1.29, 1.82) is 0 Å². The van der Waals surface area contributed by atoms with E-state index in [0.29, 0.717) is 12.6 Å². The van der Waals surface area contributed by atoms with Crippen molar-refractivity contribution in [3.8, 4) is 0 Å². The lowest BCUT2D eigenvalue weighted by molar-refractivity contribution is 0.301. The van der Waals surface area contributed by atoms with Crippen LogP contribution in [0.3, 0.4) is 0 Å². The summed E-state index contributed by atoms with van der Waals surface area (Å²) < 4.78 is 26.3. The van der Waals surface area contributed by atoms with Crippen LogP contribution >= 0.6 is 0 Å². The predicted molar refractivity (Wildman–Crippen MR) is 58.2 cm³/mol. The fourth-order valence-electron chi connectivity index (χ4n) is 1.41. The molecule has 0 aliphatic carbocycles. The highest BCUT2D eigenvalue weighted by Crippen LogP contribution is 2.20. The first kappa shape index (κ1) is 12.6. The van der Waals surface area contributed by atoms with E-state index in [1.165, 1.54) is 4.90 Å². The van der Waals surface area contributed by atoms with Gasteiger partial charge in [-0.25, -0.2) is 13.8 Å². The van der Waals surface area contributed by atoms with Gasteiger partial charge in [-0.1, -0.05) is 6.92 Å². The molecule has 1 aromatic heterocycles. The molecule has 0 aliphatic rings. The molecule has 0 spiro atoms. The number of aliphatic hydroxyl groups excluding tert-OH is 1. The van der Waals surface area contributed by atoms with Crippen LogP contribution < -0.4 is 10.6 Å². The average molecular weight is 231 g/mol. The number of aliphatic hydroxyl groups is 1. The first-order valence-corrected chi connectivity index (χ1v) is 5.07. The fourth-order valence-corrected chi connectivity index (χ4v) is 1.41. The molecular weight excluding hydrogens is 216 g/mol. The molecule has 4 nitrogen and oxygen atoms in total. The van der Waals surface area contributed by atoms with Crippen LogP contribution in [0, 0.1) is 11.6 Å². The lowest BCUT2D eigenvalue weighted by Crippen LogP contribution is -2.29. The molecule has 1 rings (SSSR count). The summed E-state index contributed by atoms with van der Waals surface area (Å²) in [6.07, 6.45) is 0.762. The molecule has 1 aromatic rings. The molecular formula is C10H15F2N3O. The van der Waals surface area contributed by atoms with Gasteiger partial charge in [0.2, 0.25) is 0 Å². The molecule has 0 saturated heterocycles. The molecule has 0 bridgehead atoms. The predicted octanol–water partition coefficient (Wildman–Crippen LogP) is 1.15. The normalized spacial score (nSPS) is 10.5. The second kappa shape index (κ2) is 5.60. The van der Waals surface area contributed by atoms with Crippen molar-refractivity contribution in [3.05, 3.63) is 17.7 Å². The van der Waals surface area contributed by atoms with Gasteiger partial charge in [0.25, 0.3) is 0 Å². The largest absolute Gasteiger partial charge is 0.395 e. The minimum absolute atomic E-state index is 0.0187. The zero-order chi connectivity index (χ0) is 12.1. The van der Waals surface area contributed by atoms with Crippen LogP contribution in [0.4, 0.5) is 20.4 Å². The van der Waals surface area contributed by atoms with Crippen LogP contribution in [0.25, 0.3) is 0 Å². The lowest BCUT2D eigenvalue weighted by atomic mass is 10.3. The van der Waals surface area contributed by atoms with Gasteiger partial charge >= 0.3 is 0 Å². The Morgan fingerprint density at radius 2 is 2.06 bits per heavy atom. The molecule has 0 aromatic carbocycles. The van der Waals surface area contributed by atoms with E-state index >= 15 is 0 Å². The van der Waals surface area contributed by atoms with Gasteiger partial charge in [-0.3, -0.25) is 0 Å². The second-order valence-corrected chi connectivity index (χ2v) is 3.37. The number of hydrogen-bond donors (Lipinski definition) is 2. The molecule has 1 heterocycles. The summed E-state index contributed by atoms with van der Waals surface area (Å²) in [6.45, 7) is 2.55. The van der Waals surface area contributed by atoms with Crippen LogP contribution in [0.5, 0.6) is 0 Å². The molecule has 0 fully saturated rings. The fraction of sp³-hybridized carbons (Fsp3) is 0.500. The van der Waals surface area contributed by atoms with Gasteiger partial charge in [-0.15, -0.1) is 0 Å². The first-order valence-electron chi connectivity index (χ1n) is 5.07. The number of hydrogen-bond acceptors (Lipinski definition) is 4. The Balaban J connectivity index is 3.03. The van der Waals surface area contributed by atoms with E-state index in [1.807, 2.05) is 6.92 Å². The summed E-state index contributed by atoms with van der Waals surface area (Å²) in [7, 11) is 0. The van der Waals surface area contributed by atoms with Crippen LogP contribution in [-0.4, -0.2) is 29.8 Å². The molecule has 0 saturated carbocycles. The topological polar surface area (TPSA) is 62.4 Å². The minimum Gasteiger partial charge on any atom is -0.395 e. The maximum atomic E-state index is 13.4. The summed E-state index contributed by atoms with van der Waals surface area (Å²) in [5.41, 5.74) is 5.28. The van der Waals surface area contributed by atoms with Crippen LogP contribution in [0.1, 0.15) is 13.3 Å². The Morgan fingerprint density at radius 3 is 2.62 bits per heavy atom. The maximum absolute atomic E-state index is 13.4. The van der Waals surface area contributed by atoms with E-state index in [4.69, 9.17) is 10.8 Å². The van der Waals surface area contributed by atoms with Gasteiger partial charge in [0.15, 0.2) is 23.3 Å². The van der Waals surface area contributed by atoms with Crippen molar-refractivity contribution >= 4 is 11.6 Å². The van der Waals surface area contributed by atoms with Crippen molar-refractivity contribution in [2.75, 3.05) is 30.3 Å². The van der Waals surface area contributed by atoms with E-state index < -0.39 is 11.6 Å². The standard InChI is InChI=1S/C10H15F2N3O/c1-2-3-15(4-5-16)10-8(12)6-7(11)9(13)14-10/h6,16H,2-5H2,1H3,(H2,13,14). The van der Waals surface area contributed by atoms with Crippen LogP contribution in [0.2, 0.25) is 0 Å². The number of nitrogen functional groups attached to an aromatic ring is 1. The molecule has 90 valence electrons. The molecule has 0 atom stereocenters. The Labute approximate surface area is 92.7 Å². The summed E-state index contributed by atoms with van der Waals surface area (Å²) >= 11 is 0. The number of halogens is 2. The molecule has 0 aliphatic heterocycles. The Bertz CT molecular complexity index is 354. The zero-order valence-corrected chi connectivity index (χ0v) is 9.08. The van der Waals surface area contributed by atoms with E-state index in [0.717, 1.165) is 6.42 Å². The van der Waals surface area contributed by atoms with Gasteiger partial charge in [-0.05, 0) is 6.42 Å². The van der Waals surface area contributed by atoms with Crippen molar-refractivity contribution in [2.24, 2.45) is 0 Å². The Morgan fingerprint density at radius 1 is 1.38 bits per heavy atom. The van der Waals surface area contributed by atoms with E-state index in [9.17, 15) is 8.78 Å². The highest BCUT2D eigenvalue weighted by Gasteiger charge is 2.15. The third-order valence-corrected chi connectivity index (χ3v) is 2.10. The second-order valence-electron chi connectivity index (χ2n) is 3.37. The van der Waals surface area contributed by atoms with Crippen molar-refractivity contribution in [3.63, 3.8) is 0 Å². The third kappa shape index (κ3) is 2.79. The number of aromatic nitrogens is 1. The molecule has 16 heavy (non-hydrogen) atoms. The Hall–Kier alpha value is -1.43. The smallest absolute Gasteiger partial charge is 0.168 e. The summed E-state index contributed by atoms with van der Waals surface area (Å²) in [5.74, 6) is -2.00. The van der Waals surface area contributed by atoms with Gasteiger partial charge in [0.05, 0.1) is 6.61 Å². The zero-order valence-electron chi connectivity index (χ0n) is 9.08. The maximum Gasteiger partial charge on any atom is 0.168 e. The van der Waals surface area contributed by atoms with Gasteiger partial charge in [-0.2, -0.15) is 0 Å². The van der Waals surface area contributed by atoms with E-state index in [-0.39, 0.29) is 24.8 Å². The molecule has 0 radical (unpaired) electrons. The van der Waals surface area contributed by atoms with Crippen LogP contribution in [-0.2, 0) is 0 Å². The number of pyridine rings is 1. The first-order chi connectivity index (χ1) is 7.60. The Kier molecular flexibility index (Phi) is 4.42. The lowest BCUT2D eigenvalue weighted by Gasteiger charge is -2.22. The third-order valence-electron chi connectivity index (χ3n) is 2.10. The van der Waals surface area contributed by atoms with E-state index in [1.54, 1.807) is 0 Å². The van der Waals surface area contributed by atoms with Crippen LogP contribution in [0.15, 0.2) is 6.07 Å². The molecule has 3 N–H and O–H groups in total. The number of nitrogens with zero attached hydrogens (tertiary/aromatic N) is 2. The number of rotatable bonds is 5. The molecule has 6 heteroatoms. The molecule has 0 unspecified atom stereocenters. The number of anilines is 2. The average Bonchev–Trinajstić information content (AvgIpc) is 2.23.